The maximum atomic E-state index is 14.0. The number of anilines is 1. The number of carbonyl (C=O) groups is 2. The van der Waals surface area contributed by atoms with E-state index in [0.29, 0.717) is 5.75 Å². The minimum atomic E-state index is -4.17. The number of hydrogen-bond donors (Lipinski definition) is 1. The van der Waals surface area contributed by atoms with Gasteiger partial charge in [0.15, 0.2) is 0 Å². The van der Waals surface area contributed by atoms with Crippen LogP contribution in [0.25, 0.3) is 0 Å². The van der Waals surface area contributed by atoms with Crippen LogP contribution in [0.1, 0.15) is 38.2 Å². The van der Waals surface area contributed by atoms with Gasteiger partial charge < -0.3 is 15.0 Å². The van der Waals surface area contributed by atoms with Crippen LogP contribution in [0.4, 0.5) is 5.69 Å². The number of methoxy groups -OCH3 is 1. The molecule has 8 nitrogen and oxygen atoms in total. The van der Waals surface area contributed by atoms with E-state index in [1.165, 1.54) is 36.3 Å². The second kappa shape index (κ2) is 13.2. The van der Waals surface area contributed by atoms with Crippen molar-refractivity contribution >= 4 is 39.1 Å². The fourth-order valence-corrected chi connectivity index (χ4v) is 6.49. The summed E-state index contributed by atoms with van der Waals surface area (Å²) >= 11 is 6.35. The summed E-state index contributed by atoms with van der Waals surface area (Å²) in [5.41, 5.74) is 1.02. The summed E-state index contributed by atoms with van der Waals surface area (Å²) in [4.78, 5) is 28.7. The van der Waals surface area contributed by atoms with Gasteiger partial charge >= 0.3 is 0 Å². The van der Waals surface area contributed by atoms with Crippen molar-refractivity contribution in [2.45, 2.75) is 56.1 Å². The smallest absolute Gasteiger partial charge is 0.264 e. The quantitative estimate of drug-likeness (QED) is 0.342. The first kappa shape index (κ1) is 29.4. The predicted octanol–water partition coefficient (Wildman–Crippen LogP) is 5.02. The van der Waals surface area contributed by atoms with Crippen molar-refractivity contribution in [3.63, 3.8) is 0 Å². The molecule has 1 atom stereocenters. The van der Waals surface area contributed by atoms with Gasteiger partial charge in [-0.1, -0.05) is 73.0 Å². The van der Waals surface area contributed by atoms with Gasteiger partial charge in [0.25, 0.3) is 10.0 Å². The Bertz CT molecular complexity index is 1410. The maximum Gasteiger partial charge on any atom is 0.264 e. The molecule has 0 spiro atoms. The molecule has 2 amide bonds. The summed E-state index contributed by atoms with van der Waals surface area (Å²) in [5.74, 6) is -0.415. The largest absolute Gasteiger partial charge is 0.495 e. The number of hydrogen-bond acceptors (Lipinski definition) is 5. The lowest BCUT2D eigenvalue weighted by molar-refractivity contribution is -0.139. The number of nitrogens with zero attached hydrogens (tertiary/aromatic N) is 2. The van der Waals surface area contributed by atoms with Gasteiger partial charge in [0.1, 0.15) is 18.3 Å². The molecule has 212 valence electrons. The zero-order chi connectivity index (χ0) is 28.7. The van der Waals surface area contributed by atoms with Crippen LogP contribution in [0, 0.1) is 0 Å². The van der Waals surface area contributed by atoms with E-state index in [1.54, 1.807) is 31.2 Å². The van der Waals surface area contributed by atoms with Crippen LogP contribution in [0.2, 0.25) is 5.02 Å². The van der Waals surface area contributed by atoms with Crippen LogP contribution >= 0.6 is 11.6 Å². The second-order valence-corrected chi connectivity index (χ2v) is 12.1. The minimum absolute atomic E-state index is 0.0244. The lowest BCUT2D eigenvalue weighted by Crippen LogP contribution is -2.52. The summed E-state index contributed by atoms with van der Waals surface area (Å²) in [7, 11) is -2.71. The van der Waals surface area contributed by atoms with Crippen molar-refractivity contribution < 1.29 is 22.7 Å². The highest BCUT2D eigenvalue weighted by Crippen LogP contribution is 2.32. The average Bonchev–Trinajstić information content (AvgIpc) is 3.48. The SMILES string of the molecule is COc1ccc(N(CC(=O)N(Cc2ccccc2)C(C)C(=O)NC2CCCC2)S(=O)(=O)c2ccccc2)cc1Cl. The summed E-state index contributed by atoms with van der Waals surface area (Å²) in [6, 6.07) is 21.0. The van der Waals surface area contributed by atoms with E-state index in [1.807, 2.05) is 30.3 Å². The number of nitrogens with one attached hydrogen (secondary N) is 1. The summed E-state index contributed by atoms with van der Waals surface area (Å²) < 4.78 is 34.0. The first-order chi connectivity index (χ1) is 19.2. The second-order valence-electron chi connectivity index (χ2n) is 9.82. The van der Waals surface area contributed by atoms with Gasteiger partial charge in [-0.05, 0) is 55.7 Å². The molecule has 0 bridgehead atoms. The average molecular weight is 584 g/mol. The third-order valence-corrected chi connectivity index (χ3v) is 9.18. The Morgan fingerprint density at radius 1 is 1.00 bits per heavy atom. The van der Waals surface area contributed by atoms with Crippen LogP contribution in [0.5, 0.6) is 5.75 Å². The number of halogens is 1. The number of rotatable bonds is 11. The fraction of sp³-hybridized carbons (Fsp3) is 0.333. The minimum Gasteiger partial charge on any atom is -0.495 e. The molecule has 0 radical (unpaired) electrons. The predicted molar refractivity (Wildman–Crippen MR) is 156 cm³/mol. The molecule has 1 aliphatic carbocycles. The molecule has 1 fully saturated rings. The van der Waals surface area contributed by atoms with Crippen LogP contribution < -0.4 is 14.4 Å². The Balaban J connectivity index is 1.69. The van der Waals surface area contributed by atoms with Crippen LogP contribution in [-0.2, 0) is 26.2 Å². The van der Waals surface area contributed by atoms with Crippen molar-refractivity contribution in [3.8, 4) is 5.75 Å². The van der Waals surface area contributed by atoms with Gasteiger partial charge in [0.05, 0.1) is 22.7 Å². The highest BCUT2D eigenvalue weighted by Gasteiger charge is 2.33. The molecule has 10 heteroatoms. The van der Waals surface area contributed by atoms with Crippen LogP contribution in [0.15, 0.2) is 83.8 Å². The van der Waals surface area contributed by atoms with Gasteiger partial charge in [-0.15, -0.1) is 0 Å². The molecule has 4 rings (SSSR count). The monoisotopic (exact) mass is 583 g/mol. The van der Waals surface area contributed by atoms with Gasteiger partial charge in [-0.25, -0.2) is 8.42 Å². The first-order valence-corrected chi connectivity index (χ1v) is 15.1. The van der Waals surface area contributed by atoms with Crippen molar-refractivity contribution in [1.82, 2.24) is 10.2 Å². The zero-order valence-electron chi connectivity index (χ0n) is 22.6. The van der Waals surface area contributed by atoms with Crippen LogP contribution in [0.3, 0.4) is 0 Å². The number of sulfonamides is 1. The van der Waals surface area contributed by atoms with Gasteiger partial charge in [0, 0.05) is 12.6 Å². The Kier molecular flexibility index (Phi) is 9.71. The Hall–Kier alpha value is -3.56. The summed E-state index contributed by atoms with van der Waals surface area (Å²) in [6.45, 7) is 1.28. The van der Waals surface area contributed by atoms with E-state index < -0.39 is 28.5 Å². The topological polar surface area (TPSA) is 96.0 Å². The van der Waals surface area contributed by atoms with Crippen LogP contribution in [-0.4, -0.2) is 50.9 Å². The number of carbonyl (C=O) groups excluding carboxylic acids is 2. The van der Waals surface area contributed by atoms with E-state index in [-0.39, 0.29) is 34.1 Å². The van der Waals surface area contributed by atoms with E-state index in [2.05, 4.69) is 5.32 Å². The van der Waals surface area contributed by atoms with Crippen molar-refractivity contribution in [1.29, 1.82) is 0 Å². The first-order valence-electron chi connectivity index (χ1n) is 13.3. The fourth-order valence-electron chi connectivity index (χ4n) is 4.81. The van der Waals surface area contributed by atoms with Gasteiger partial charge in [-0.2, -0.15) is 0 Å². The molecule has 0 heterocycles. The standard InChI is InChI=1S/C30H34ClN3O5S/c1-22(30(36)32-24-13-9-10-14-24)33(20-23-11-5-3-6-12-23)29(35)21-34(25-17-18-28(39-2)27(31)19-25)40(37,38)26-15-7-4-8-16-26/h3-8,11-12,15-19,22,24H,9-10,13-14,20-21H2,1-2H3,(H,32,36). The molecule has 0 aromatic heterocycles. The van der Waals surface area contributed by atoms with Crippen molar-refractivity contribution in [3.05, 3.63) is 89.4 Å². The summed E-state index contributed by atoms with van der Waals surface area (Å²) in [5, 5.41) is 3.27. The molecular formula is C30H34ClN3O5S. The highest BCUT2D eigenvalue weighted by molar-refractivity contribution is 7.92. The third kappa shape index (κ3) is 6.95. The van der Waals surface area contributed by atoms with E-state index in [9.17, 15) is 18.0 Å². The number of amides is 2. The van der Waals surface area contributed by atoms with E-state index in [4.69, 9.17) is 16.3 Å². The van der Waals surface area contributed by atoms with Crippen molar-refractivity contribution in [2.75, 3.05) is 18.0 Å². The molecule has 1 unspecified atom stereocenters. The summed E-state index contributed by atoms with van der Waals surface area (Å²) in [6.07, 6.45) is 3.93. The molecule has 3 aromatic carbocycles. The lowest BCUT2D eigenvalue weighted by atomic mass is 10.1. The number of ether oxygens (including phenoxy) is 1. The van der Waals surface area contributed by atoms with E-state index in [0.717, 1.165) is 35.6 Å². The molecule has 0 saturated heterocycles. The van der Waals surface area contributed by atoms with E-state index >= 15 is 0 Å². The Morgan fingerprint density at radius 3 is 2.23 bits per heavy atom. The normalized spacial score (nSPS) is 14.4. The molecule has 1 N–H and O–H groups in total. The zero-order valence-corrected chi connectivity index (χ0v) is 24.2. The highest BCUT2D eigenvalue weighted by atomic mass is 35.5. The van der Waals surface area contributed by atoms with Gasteiger partial charge in [0.2, 0.25) is 11.8 Å². The maximum absolute atomic E-state index is 14.0. The third-order valence-electron chi connectivity index (χ3n) is 7.10. The molecular weight excluding hydrogens is 550 g/mol. The van der Waals surface area contributed by atoms with Crippen molar-refractivity contribution in [2.24, 2.45) is 0 Å². The molecule has 40 heavy (non-hydrogen) atoms. The Morgan fingerprint density at radius 2 is 1.62 bits per heavy atom. The number of benzene rings is 3. The van der Waals surface area contributed by atoms with Gasteiger partial charge in [-0.3, -0.25) is 13.9 Å². The Labute approximate surface area is 240 Å². The molecule has 1 aliphatic rings. The molecule has 0 aliphatic heterocycles. The molecule has 3 aromatic rings. The lowest BCUT2D eigenvalue weighted by Gasteiger charge is -2.32. The molecule has 1 saturated carbocycles.